The van der Waals surface area contributed by atoms with Crippen LogP contribution in [0.3, 0.4) is 0 Å². The summed E-state index contributed by atoms with van der Waals surface area (Å²) < 4.78 is 16.0. The van der Waals surface area contributed by atoms with Gasteiger partial charge in [-0.2, -0.15) is 4.57 Å². The summed E-state index contributed by atoms with van der Waals surface area (Å²) >= 11 is 1.77. The van der Waals surface area contributed by atoms with E-state index in [1.807, 2.05) is 30.3 Å². The van der Waals surface area contributed by atoms with Crippen molar-refractivity contribution >= 4 is 21.6 Å². The van der Waals surface area contributed by atoms with Crippen molar-refractivity contribution < 1.29 is 8.96 Å². The van der Waals surface area contributed by atoms with Crippen molar-refractivity contribution in [2.24, 2.45) is 0 Å². The number of aryl methyl sites for hydroxylation is 1. The summed E-state index contributed by atoms with van der Waals surface area (Å²) in [6.07, 6.45) is 0.561. The molecule has 0 saturated carbocycles. The molecule has 0 aliphatic rings. The van der Waals surface area contributed by atoms with Gasteiger partial charge in [-0.25, -0.2) is 0 Å². The molecule has 1 heterocycles. The summed E-state index contributed by atoms with van der Waals surface area (Å²) in [5.41, 5.74) is 2.39. The van der Waals surface area contributed by atoms with E-state index in [0.717, 1.165) is 6.54 Å². The quantitative estimate of drug-likeness (QED) is 0.626. The molecule has 1 nitrogen and oxygen atoms in total. The topological polar surface area (TPSA) is 3.88 Å². The molecule has 3 rings (SSSR count). The van der Waals surface area contributed by atoms with E-state index in [2.05, 4.69) is 28.8 Å². The van der Waals surface area contributed by atoms with E-state index in [4.69, 9.17) is 0 Å². The number of hydrogen-bond donors (Lipinski definition) is 0. The first-order valence-electron chi connectivity index (χ1n) is 6.43. The lowest BCUT2D eigenvalue weighted by Gasteiger charge is -1.98. The first-order chi connectivity index (χ1) is 9.40. The summed E-state index contributed by atoms with van der Waals surface area (Å²) in [5, 5.41) is 1.20. The Kier molecular flexibility index (Phi) is 3.56. The van der Waals surface area contributed by atoms with Crippen molar-refractivity contribution in [1.29, 1.82) is 0 Å². The monoisotopic (exact) mass is 272 g/mol. The molecule has 0 amide bonds. The maximum atomic E-state index is 12.5. The standard InChI is InChI=1S/C16H15FNS/c17-11-6-12-18-14-9-4-5-10-15(14)19-16(18)13-7-2-1-3-8-13/h1-5,7-10H,6,11-12H2/q+1. The van der Waals surface area contributed by atoms with E-state index < -0.39 is 0 Å². The van der Waals surface area contributed by atoms with Crippen molar-refractivity contribution in [2.45, 2.75) is 13.0 Å². The Morgan fingerprint density at radius 3 is 2.47 bits per heavy atom. The third-order valence-electron chi connectivity index (χ3n) is 3.14. The van der Waals surface area contributed by atoms with Crippen molar-refractivity contribution in [3.8, 4) is 10.6 Å². The van der Waals surface area contributed by atoms with E-state index >= 15 is 0 Å². The van der Waals surface area contributed by atoms with Gasteiger partial charge < -0.3 is 0 Å². The average Bonchev–Trinajstić information content (AvgIpc) is 2.85. The summed E-state index contributed by atoms with van der Waals surface area (Å²) in [6.45, 7) is 0.455. The smallest absolute Gasteiger partial charge is 0.251 e. The number of fused-ring (bicyclic) bond motifs is 1. The molecule has 0 saturated heterocycles. The molecule has 19 heavy (non-hydrogen) atoms. The third kappa shape index (κ3) is 2.38. The van der Waals surface area contributed by atoms with Gasteiger partial charge in [-0.05, 0) is 18.2 Å². The van der Waals surface area contributed by atoms with Gasteiger partial charge in [0.25, 0.3) is 5.01 Å². The van der Waals surface area contributed by atoms with Crippen molar-refractivity contribution in [3.05, 3.63) is 54.6 Å². The number of aromatic nitrogens is 1. The first kappa shape index (κ1) is 12.3. The van der Waals surface area contributed by atoms with Gasteiger partial charge in [0.05, 0.1) is 12.2 Å². The molecule has 0 spiro atoms. The Labute approximate surface area is 116 Å². The van der Waals surface area contributed by atoms with Gasteiger partial charge in [-0.1, -0.05) is 41.7 Å². The number of rotatable bonds is 4. The van der Waals surface area contributed by atoms with Gasteiger partial charge in [-0.15, -0.1) is 0 Å². The zero-order valence-corrected chi connectivity index (χ0v) is 11.4. The highest BCUT2D eigenvalue weighted by Gasteiger charge is 2.20. The highest BCUT2D eigenvalue weighted by Crippen LogP contribution is 2.28. The minimum atomic E-state index is -0.272. The molecular weight excluding hydrogens is 257 g/mol. The molecular formula is C16H15FNS+. The van der Waals surface area contributed by atoms with Gasteiger partial charge in [0.15, 0.2) is 6.54 Å². The molecule has 0 bridgehead atoms. The van der Waals surface area contributed by atoms with Crippen LogP contribution >= 0.6 is 11.3 Å². The van der Waals surface area contributed by atoms with Gasteiger partial charge in [0.2, 0.25) is 5.52 Å². The predicted molar refractivity (Wildman–Crippen MR) is 78.0 cm³/mol. The zero-order chi connectivity index (χ0) is 13.1. The van der Waals surface area contributed by atoms with Crippen LogP contribution in [0, 0.1) is 0 Å². The second-order valence-corrected chi connectivity index (χ2v) is 5.47. The predicted octanol–water partition coefficient (Wildman–Crippen LogP) is 4.22. The van der Waals surface area contributed by atoms with Gasteiger partial charge in [0, 0.05) is 12.5 Å². The van der Waals surface area contributed by atoms with Crippen molar-refractivity contribution in [2.75, 3.05) is 6.67 Å². The number of hydrogen-bond acceptors (Lipinski definition) is 1. The largest absolute Gasteiger partial charge is 0.270 e. The molecule has 2 aromatic carbocycles. The Hall–Kier alpha value is -1.74. The molecule has 0 aliphatic carbocycles. The lowest BCUT2D eigenvalue weighted by atomic mass is 10.2. The van der Waals surface area contributed by atoms with Crippen LogP contribution in [0.15, 0.2) is 54.6 Å². The molecule has 1 aromatic heterocycles. The fourth-order valence-electron chi connectivity index (χ4n) is 2.27. The van der Waals surface area contributed by atoms with Crippen LogP contribution in [0.2, 0.25) is 0 Å². The van der Waals surface area contributed by atoms with Crippen LogP contribution in [-0.2, 0) is 6.54 Å². The van der Waals surface area contributed by atoms with Gasteiger partial charge in [0.1, 0.15) is 4.70 Å². The molecule has 0 unspecified atom stereocenters. The number of thiazole rings is 1. The zero-order valence-electron chi connectivity index (χ0n) is 10.6. The average molecular weight is 272 g/mol. The molecule has 3 aromatic rings. The van der Waals surface area contributed by atoms with E-state index in [0.29, 0.717) is 6.42 Å². The van der Waals surface area contributed by atoms with Crippen LogP contribution in [-0.4, -0.2) is 6.67 Å². The Morgan fingerprint density at radius 1 is 0.947 bits per heavy atom. The summed E-state index contributed by atoms with van der Waals surface area (Å²) in [5.74, 6) is 0. The molecule has 3 heteroatoms. The van der Waals surface area contributed by atoms with Gasteiger partial charge in [-0.3, -0.25) is 4.39 Å². The SMILES string of the molecule is FCCC[n+]1c(-c2ccccc2)sc2ccccc21. The molecule has 0 atom stereocenters. The molecule has 96 valence electrons. The van der Waals surface area contributed by atoms with Crippen LogP contribution < -0.4 is 4.57 Å². The number of halogens is 1. The van der Waals surface area contributed by atoms with Crippen molar-refractivity contribution in [3.63, 3.8) is 0 Å². The summed E-state index contributed by atoms with van der Waals surface area (Å²) in [6, 6.07) is 18.6. The van der Waals surface area contributed by atoms with Crippen molar-refractivity contribution in [1.82, 2.24) is 0 Å². The van der Waals surface area contributed by atoms with E-state index in [-0.39, 0.29) is 6.67 Å². The number of benzene rings is 2. The van der Waals surface area contributed by atoms with Crippen LogP contribution in [0.5, 0.6) is 0 Å². The first-order valence-corrected chi connectivity index (χ1v) is 7.24. The lowest BCUT2D eigenvalue weighted by molar-refractivity contribution is -0.657. The molecule has 0 radical (unpaired) electrons. The number of alkyl halides is 1. The highest BCUT2D eigenvalue weighted by atomic mass is 32.1. The van der Waals surface area contributed by atoms with E-state index in [9.17, 15) is 4.39 Å². The summed E-state index contributed by atoms with van der Waals surface area (Å²) in [7, 11) is 0. The fraction of sp³-hybridized carbons (Fsp3) is 0.188. The van der Waals surface area contributed by atoms with Crippen LogP contribution in [0.4, 0.5) is 4.39 Å². The second kappa shape index (κ2) is 5.49. The van der Waals surface area contributed by atoms with E-state index in [1.54, 1.807) is 11.3 Å². The Balaban J connectivity index is 2.17. The third-order valence-corrected chi connectivity index (χ3v) is 4.36. The normalized spacial score (nSPS) is 11.0. The lowest BCUT2D eigenvalue weighted by Crippen LogP contribution is -2.34. The number of nitrogens with zero attached hydrogens (tertiary/aromatic N) is 1. The molecule has 0 fully saturated rings. The second-order valence-electron chi connectivity index (χ2n) is 4.44. The minimum Gasteiger partial charge on any atom is -0.251 e. The fourth-order valence-corrected chi connectivity index (χ4v) is 3.46. The minimum absolute atomic E-state index is 0.272. The highest BCUT2D eigenvalue weighted by molar-refractivity contribution is 7.21. The maximum absolute atomic E-state index is 12.5. The Bertz CT molecular complexity index is 676. The maximum Gasteiger partial charge on any atom is 0.270 e. The molecule has 0 aliphatic heterocycles. The summed E-state index contributed by atoms with van der Waals surface area (Å²) in [4.78, 5) is 0. The number of para-hydroxylation sites is 1. The molecule has 0 N–H and O–H groups in total. The Morgan fingerprint density at radius 2 is 1.68 bits per heavy atom. The van der Waals surface area contributed by atoms with Gasteiger partial charge >= 0.3 is 0 Å². The van der Waals surface area contributed by atoms with Crippen LogP contribution in [0.25, 0.3) is 20.8 Å². The van der Waals surface area contributed by atoms with E-state index in [1.165, 1.54) is 20.8 Å². The van der Waals surface area contributed by atoms with Crippen LogP contribution in [0.1, 0.15) is 6.42 Å².